The van der Waals surface area contributed by atoms with Gasteiger partial charge in [-0.2, -0.15) is 0 Å². The summed E-state index contributed by atoms with van der Waals surface area (Å²) in [6, 6.07) is 5.63. The van der Waals surface area contributed by atoms with Crippen LogP contribution in [0.15, 0.2) is 24.3 Å². The Hall–Kier alpha value is -1.38. The molecule has 0 fully saturated rings. The van der Waals surface area contributed by atoms with Crippen LogP contribution in [0.5, 0.6) is 0 Å². The molecule has 0 heterocycles. The Morgan fingerprint density at radius 2 is 1.48 bits per heavy atom. The molecule has 1 aromatic rings. The molecule has 0 aromatic heterocycles. The zero-order chi connectivity index (χ0) is 16.8. The van der Waals surface area contributed by atoms with E-state index in [0.29, 0.717) is 6.61 Å². The first-order chi connectivity index (χ1) is 11.2. The number of ether oxygens (including phenoxy) is 1. The number of carbonyl (C=O) groups excluding carboxylic acids is 1. The summed E-state index contributed by atoms with van der Waals surface area (Å²) >= 11 is 0. The number of carbonyl (C=O) groups is 1. The third kappa shape index (κ3) is 10.1. The fraction of sp³-hybridized carbons (Fsp3) is 0.650. The molecule has 0 spiro atoms. The van der Waals surface area contributed by atoms with Gasteiger partial charge < -0.3 is 4.74 Å². The molecule has 0 atom stereocenters. The summed E-state index contributed by atoms with van der Waals surface area (Å²) < 4.78 is 18.2. The number of hydrogen-bond acceptors (Lipinski definition) is 2. The lowest BCUT2D eigenvalue weighted by Crippen LogP contribution is -2.06. The fourth-order valence-electron chi connectivity index (χ4n) is 2.63. The number of halogens is 1. The van der Waals surface area contributed by atoms with E-state index in [1.807, 2.05) is 0 Å². The van der Waals surface area contributed by atoms with E-state index in [2.05, 4.69) is 6.92 Å². The van der Waals surface area contributed by atoms with Gasteiger partial charge >= 0.3 is 5.97 Å². The van der Waals surface area contributed by atoms with E-state index in [4.69, 9.17) is 4.74 Å². The normalized spacial score (nSPS) is 10.7. The van der Waals surface area contributed by atoms with Crippen LogP contribution in [-0.4, -0.2) is 12.6 Å². The van der Waals surface area contributed by atoms with Gasteiger partial charge in [0.1, 0.15) is 5.82 Å². The summed E-state index contributed by atoms with van der Waals surface area (Å²) in [6.45, 7) is 2.67. The third-order valence-corrected chi connectivity index (χ3v) is 4.04. The van der Waals surface area contributed by atoms with Gasteiger partial charge in [0.05, 0.1) is 12.2 Å². The molecule has 0 saturated heterocycles. The van der Waals surface area contributed by atoms with Crippen molar-refractivity contribution in [3.05, 3.63) is 35.6 Å². The van der Waals surface area contributed by atoms with E-state index >= 15 is 0 Å². The van der Waals surface area contributed by atoms with Gasteiger partial charge in [-0.1, -0.05) is 77.2 Å². The minimum Gasteiger partial charge on any atom is -0.462 e. The maximum atomic E-state index is 13.0. The number of rotatable bonds is 13. The quantitative estimate of drug-likeness (QED) is 0.315. The van der Waals surface area contributed by atoms with Crippen LogP contribution in [0.2, 0.25) is 0 Å². The molecular formula is C20H31FO2. The topological polar surface area (TPSA) is 26.3 Å². The van der Waals surface area contributed by atoms with E-state index in [-0.39, 0.29) is 5.56 Å². The lowest BCUT2D eigenvalue weighted by molar-refractivity contribution is 0.0497. The molecule has 0 saturated carbocycles. The van der Waals surface area contributed by atoms with Gasteiger partial charge in [-0.05, 0) is 24.6 Å². The van der Waals surface area contributed by atoms with Crippen molar-refractivity contribution in [1.82, 2.24) is 0 Å². The Bertz CT molecular complexity index is 431. The molecule has 0 aliphatic heterocycles. The van der Waals surface area contributed by atoms with Gasteiger partial charge in [0, 0.05) is 0 Å². The minimum atomic E-state index is -0.434. The average Bonchev–Trinajstić information content (AvgIpc) is 2.55. The molecule has 0 radical (unpaired) electrons. The van der Waals surface area contributed by atoms with Crippen LogP contribution in [-0.2, 0) is 4.74 Å². The van der Waals surface area contributed by atoms with E-state index in [9.17, 15) is 9.18 Å². The molecule has 0 N–H and O–H groups in total. The van der Waals surface area contributed by atoms with Gasteiger partial charge in [-0.3, -0.25) is 0 Å². The number of esters is 1. The van der Waals surface area contributed by atoms with E-state index < -0.39 is 11.8 Å². The highest BCUT2D eigenvalue weighted by Crippen LogP contribution is 2.11. The van der Waals surface area contributed by atoms with Crippen molar-refractivity contribution in [2.24, 2.45) is 0 Å². The van der Waals surface area contributed by atoms with Crippen molar-refractivity contribution >= 4 is 5.97 Å². The average molecular weight is 322 g/mol. The van der Waals surface area contributed by atoms with Crippen LogP contribution in [0.25, 0.3) is 0 Å². The molecular weight excluding hydrogens is 291 g/mol. The molecule has 0 amide bonds. The molecule has 1 aromatic carbocycles. The molecule has 2 nitrogen and oxygen atoms in total. The first-order valence-electron chi connectivity index (χ1n) is 9.16. The molecule has 130 valence electrons. The number of benzene rings is 1. The number of unbranched alkanes of at least 4 members (excludes halogenated alkanes) is 10. The Morgan fingerprint density at radius 1 is 0.913 bits per heavy atom. The zero-order valence-corrected chi connectivity index (χ0v) is 14.5. The zero-order valence-electron chi connectivity index (χ0n) is 14.5. The molecule has 0 bridgehead atoms. The summed E-state index contributed by atoms with van der Waals surface area (Å²) in [5.74, 6) is -0.842. The number of hydrogen-bond donors (Lipinski definition) is 0. The largest absolute Gasteiger partial charge is 0.462 e. The molecule has 3 heteroatoms. The lowest BCUT2D eigenvalue weighted by Gasteiger charge is -2.05. The summed E-state index contributed by atoms with van der Waals surface area (Å²) in [4.78, 5) is 11.7. The van der Waals surface area contributed by atoms with Crippen molar-refractivity contribution < 1.29 is 13.9 Å². The van der Waals surface area contributed by atoms with Crippen molar-refractivity contribution in [1.29, 1.82) is 0 Å². The predicted octanol–water partition coefficient (Wildman–Crippen LogP) is 6.29. The SMILES string of the molecule is CCCCCCCCCCCCCOC(=O)c1cccc(F)c1. The Labute approximate surface area is 140 Å². The molecule has 0 aliphatic rings. The van der Waals surface area contributed by atoms with E-state index in [1.165, 1.54) is 76.0 Å². The highest BCUT2D eigenvalue weighted by Gasteiger charge is 2.07. The van der Waals surface area contributed by atoms with E-state index in [1.54, 1.807) is 6.07 Å². The van der Waals surface area contributed by atoms with Crippen LogP contribution in [0.1, 0.15) is 87.9 Å². The van der Waals surface area contributed by atoms with Crippen LogP contribution >= 0.6 is 0 Å². The second-order valence-electron chi connectivity index (χ2n) is 6.18. The van der Waals surface area contributed by atoms with Crippen LogP contribution in [0.3, 0.4) is 0 Å². The van der Waals surface area contributed by atoms with E-state index in [0.717, 1.165) is 12.8 Å². The summed E-state index contributed by atoms with van der Waals surface area (Å²) in [6.07, 6.45) is 13.9. The van der Waals surface area contributed by atoms with Crippen molar-refractivity contribution in [2.75, 3.05) is 6.61 Å². The minimum absolute atomic E-state index is 0.285. The molecule has 1 rings (SSSR count). The fourth-order valence-corrected chi connectivity index (χ4v) is 2.63. The smallest absolute Gasteiger partial charge is 0.338 e. The first-order valence-corrected chi connectivity index (χ1v) is 9.16. The highest BCUT2D eigenvalue weighted by molar-refractivity contribution is 5.89. The maximum absolute atomic E-state index is 13.0. The van der Waals surface area contributed by atoms with Crippen molar-refractivity contribution in [3.63, 3.8) is 0 Å². The van der Waals surface area contributed by atoms with Gasteiger partial charge in [-0.25, -0.2) is 9.18 Å². The molecule has 23 heavy (non-hydrogen) atoms. The Morgan fingerprint density at radius 3 is 2.04 bits per heavy atom. The lowest BCUT2D eigenvalue weighted by atomic mass is 10.1. The van der Waals surface area contributed by atoms with Crippen molar-refractivity contribution in [3.8, 4) is 0 Å². The van der Waals surface area contributed by atoms with Gasteiger partial charge in [-0.15, -0.1) is 0 Å². The third-order valence-electron chi connectivity index (χ3n) is 4.04. The highest BCUT2D eigenvalue weighted by atomic mass is 19.1. The second-order valence-corrected chi connectivity index (χ2v) is 6.18. The standard InChI is InChI=1S/C20H31FO2/c1-2-3-4-5-6-7-8-9-10-11-12-16-23-20(22)18-14-13-15-19(21)17-18/h13-15,17H,2-12,16H2,1H3. The van der Waals surface area contributed by atoms with Crippen molar-refractivity contribution in [2.45, 2.75) is 77.6 Å². The van der Waals surface area contributed by atoms with Crippen LogP contribution < -0.4 is 0 Å². The first kappa shape index (κ1) is 19.7. The van der Waals surface area contributed by atoms with Crippen LogP contribution in [0, 0.1) is 5.82 Å². The Balaban J connectivity index is 1.91. The van der Waals surface area contributed by atoms with Gasteiger partial charge in [0.15, 0.2) is 0 Å². The predicted molar refractivity (Wildman–Crippen MR) is 93.1 cm³/mol. The maximum Gasteiger partial charge on any atom is 0.338 e. The van der Waals surface area contributed by atoms with Gasteiger partial charge in [0.2, 0.25) is 0 Å². The molecule has 0 unspecified atom stereocenters. The van der Waals surface area contributed by atoms with Gasteiger partial charge in [0.25, 0.3) is 0 Å². The molecule has 0 aliphatic carbocycles. The Kier molecular flexibility index (Phi) is 11.2. The second kappa shape index (κ2) is 13.1. The summed E-state index contributed by atoms with van der Waals surface area (Å²) in [7, 11) is 0. The van der Waals surface area contributed by atoms with Crippen LogP contribution in [0.4, 0.5) is 4.39 Å². The monoisotopic (exact) mass is 322 g/mol. The summed E-state index contributed by atoms with van der Waals surface area (Å²) in [5.41, 5.74) is 0.285. The summed E-state index contributed by atoms with van der Waals surface area (Å²) in [5, 5.41) is 0.